The van der Waals surface area contributed by atoms with E-state index >= 15 is 0 Å². The Morgan fingerprint density at radius 3 is 2.59 bits per heavy atom. The maximum absolute atomic E-state index is 12.2. The third-order valence-corrected chi connectivity index (χ3v) is 2.83. The van der Waals surface area contributed by atoms with Gasteiger partial charge in [-0.2, -0.15) is 0 Å². The van der Waals surface area contributed by atoms with Crippen LogP contribution in [0.25, 0.3) is 0 Å². The van der Waals surface area contributed by atoms with E-state index in [2.05, 4.69) is 0 Å². The quantitative estimate of drug-likeness (QED) is 0.841. The first-order valence-electron chi connectivity index (χ1n) is 5.64. The molecular formula is C13H18ClNO2. The summed E-state index contributed by atoms with van der Waals surface area (Å²) >= 11 is 5.69. The van der Waals surface area contributed by atoms with Crippen molar-refractivity contribution in [1.29, 1.82) is 0 Å². The number of aryl methyl sites for hydroxylation is 1. The highest BCUT2D eigenvalue weighted by atomic mass is 35.5. The van der Waals surface area contributed by atoms with Crippen molar-refractivity contribution in [3.05, 3.63) is 29.3 Å². The monoisotopic (exact) mass is 255 g/mol. The molecule has 94 valence electrons. The fourth-order valence-electron chi connectivity index (χ4n) is 1.59. The van der Waals surface area contributed by atoms with Crippen molar-refractivity contribution in [2.45, 2.75) is 26.8 Å². The molecule has 0 aliphatic heterocycles. The van der Waals surface area contributed by atoms with Crippen LogP contribution in [-0.4, -0.2) is 34.4 Å². The molecule has 1 aromatic rings. The zero-order valence-corrected chi connectivity index (χ0v) is 11.2. The van der Waals surface area contributed by atoms with Crippen LogP contribution in [0.1, 0.15) is 29.8 Å². The van der Waals surface area contributed by atoms with Crippen molar-refractivity contribution in [3.63, 3.8) is 0 Å². The van der Waals surface area contributed by atoms with Crippen molar-refractivity contribution >= 4 is 17.5 Å². The second-order valence-electron chi connectivity index (χ2n) is 4.28. The number of phenolic OH excluding ortho intramolecular Hbond substituents is 1. The smallest absolute Gasteiger partial charge is 0.254 e. The molecule has 0 heterocycles. The molecule has 0 radical (unpaired) electrons. The van der Waals surface area contributed by atoms with Gasteiger partial charge in [0.1, 0.15) is 5.75 Å². The Bertz CT molecular complexity index is 404. The number of hydrogen-bond acceptors (Lipinski definition) is 2. The molecule has 1 amide bonds. The second kappa shape index (κ2) is 5.92. The summed E-state index contributed by atoms with van der Waals surface area (Å²) in [4.78, 5) is 13.9. The summed E-state index contributed by atoms with van der Waals surface area (Å²) < 4.78 is 0. The maximum atomic E-state index is 12.2. The standard InChI is InChI=1S/C13H18ClNO2/c1-9(2)15(7-6-14)13(17)11-5-4-10(3)12(16)8-11/h4-5,8-9,16H,6-7H2,1-3H3. The van der Waals surface area contributed by atoms with Crippen LogP contribution in [0, 0.1) is 6.92 Å². The van der Waals surface area contributed by atoms with E-state index < -0.39 is 0 Å². The number of amides is 1. The molecule has 0 aliphatic rings. The van der Waals surface area contributed by atoms with E-state index in [0.717, 1.165) is 5.56 Å². The zero-order valence-electron chi connectivity index (χ0n) is 10.4. The first-order chi connectivity index (χ1) is 7.97. The Kier molecular flexibility index (Phi) is 4.82. The molecule has 0 unspecified atom stereocenters. The molecule has 1 aromatic carbocycles. The van der Waals surface area contributed by atoms with Gasteiger partial charge in [-0.05, 0) is 38.5 Å². The van der Waals surface area contributed by atoms with Gasteiger partial charge < -0.3 is 10.0 Å². The van der Waals surface area contributed by atoms with E-state index in [4.69, 9.17) is 11.6 Å². The maximum Gasteiger partial charge on any atom is 0.254 e. The molecular weight excluding hydrogens is 238 g/mol. The Morgan fingerprint density at radius 1 is 1.47 bits per heavy atom. The van der Waals surface area contributed by atoms with Crippen LogP contribution < -0.4 is 0 Å². The van der Waals surface area contributed by atoms with Crippen molar-refractivity contribution in [1.82, 2.24) is 4.90 Å². The average molecular weight is 256 g/mol. The second-order valence-corrected chi connectivity index (χ2v) is 4.66. The molecule has 1 rings (SSSR count). The highest BCUT2D eigenvalue weighted by Gasteiger charge is 2.18. The number of hydrogen-bond donors (Lipinski definition) is 1. The van der Waals surface area contributed by atoms with Crippen molar-refractivity contribution in [2.24, 2.45) is 0 Å². The van der Waals surface area contributed by atoms with Gasteiger partial charge in [0.2, 0.25) is 0 Å². The summed E-state index contributed by atoms with van der Waals surface area (Å²) in [5.74, 6) is 0.447. The number of alkyl halides is 1. The van der Waals surface area contributed by atoms with Crippen molar-refractivity contribution < 1.29 is 9.90 Å². The Morgan fingerprint density at radius 2 is 2.12 bits per heavy atom. The van der Waals surface area contributed by atoms with E-state index in [0.29, 0.717) is 18.0 Å². The Labute approximate surface area is 107 Å². The van der Waals surface area contributed by atoms with Crippen molar-refractivity contribution in [2.75, 3.05) is 12.4 Å². The highest BCUT2D eigenvalue weighted by molar-refractivity contribution is 6.18. The summed E-state index contributed by atoms with van der Waals surface area (Å²) in [5.41, 5.74) is 1.25. The molecule has 17 heavy (non-hydrogen) atoms. The molecule has 0 saturated heterocycles. The normalized spacial score (nSPS) is 10.6. The van der Waals surface area contributed by atoms with E-state index in [1.807, 2.05) is 13.8 Å². The third kappa shape index (κ3) is 3.37. The summed E-state index contributed by atoms with van der Waals surface area (Å²) in [7, 11) is 0. The van der Waals surface area contributed by atoms with E-state index in [-0.39, 0.29) is 17.7 Å². The number of nitrogens with zero attached hydrogens (tertiary/aromatic N) is 1. The number of carbonyl (C=O) groups excluding carboxylic acids is 1. The predicted octanol–water partition coefficient (Wildman–Crippen LogP) is 2.79. The van der Waals surface area contributed by atoms with Gasteiger partial charge in [-0.3, -0.25) is 4.79 Å². The van der Waals surface area contributed by atoms with Crippen LogP contribution in [0.3, 0.4) is 0 Å². The van der Waals surface area contributed by atoms with E-state index in [1.54, 1.807) is 24.0 Å². The highest BCUT2D eigenvalue weighted by Crippen LogP contribution is 2.19. The molecule has 0 bridgehead atoms. The topological polar surface area (TPSA) is 40.5 Å². The molecule has 0 saturated carbocycles. The molecule has 3 nitrogen and oxygen atoms in total. The number of benzene rings is 1. The SMILES string of the molecule is Cc1ccc(C(=O)N(CCCl)C(C)C)cc1O. The fraction of sp³-hybridized carbons (Fsp3) is 0.462. The van der Waals surface area contributed by atoms with Gasteiger partial charge >= 0.3 is 0 Å². The minimum absolute atomic E-state index is 0.0877. The predicted molar refractivity (Wildman–Crippen MR) is 69.7 cm³/mol. The molecule has 0 spiro atoms. The van der Waals surface area contributed by atoms with Gasteiger partial charge in [0.25, 0.3) is 5.91 Å². The third-order valence-electron chi connectivity index (χ3n) is 2.67. The fourth-order valence-corrected chi connectivity index (χ4v) is 1.78. The molecule has 0 aromatic heterocycles. The molecule has 4 heteroatoms. The van der Waals surface area contributed by atoms with Gasteiger partial charge in [0, 0.05) is 24.0 Å². The van der Waals surface area contributed by atoms with Gasteiger partial charge in [0.05, 0.1) is 0 Å². The lowest BCUT2D eigenvalue weighted by molar-refractivity contribution is 0.0718. The van der Waals surface area contributed by atoms with Gasteiger partial charge in [-0.15, -0.1) is 11.6 Å². The number of halogens is 1. The lowest BCUT2D eigenvalue weighted by Gasteiger charge is -2.26. The van der Waals surface area contributed by atoms with Crippen molar-refractivity contribution in [3.8, 4) is 5.75 Å². The number of aromatic hydroxyl groups is 1. The van der Waals surface area contributed by atoms with Crippen LogP contribution in [0.4, 0.5) is 0 Å². The summed E-state index contributed by atoms with van der Waals surface area (Å²) in [6, 6.07) is 5.05. The zero-order chi connectivity index (χ0) is 13.0. The lowest BCUT2D eigenvalue weighted by Crippen LogP contribution is -2.38. The van der Waals surface area contributed by atoms with Gasteiger partial charge in [-0.1, -0.05) is 6.07 Å². The van der Waals surface area contributed by atoms with Gasteiger partial charge in [0.15, 0.2) is 0 Å². The van der Waals surface area contributed by atoms with Crippen LogP contribution in [0.15, 0.2) is 18.2 Å². The average Bonchev–Trinajstić information content (AvgIpc) is 2.28. The first kappa shape index (κ1) is 13.8. The van der Waals surface area contributed by atoms with E-state index in [1.165, 1.54) is 6.07 Å². The molecule has 0 atom stereocenters. The first-order valence-corrected chi connectivity index (χ1v) is 6.17. The number of carbonyl (C=O) groups is 1. The van der Waals surface area contributed by atoms with Crippen LogP contribution in [0.2, 0.25) is 0 Å². The molecule has 1 N–H and O–H groups in total. The lowest BCUT2D eigenvalue weighted by atomic mass is 10.1. The summed E-state index contributed by atoms with van der Waals surface area (Å²) in [6.45, 7) is 6.19. The summed E-state index contributed by atoms with van der Waals surface area (Å²) in [5, 5.41) is 9.60. The minimum Gasteiger partial charge on any atom is -0.508 e. The van der Waals surface area contributed by atoms with Crippen LogP contribution >= 0.6 is 11.6 Å². The number of phenols is 1. The summed E-state index contributed by atoms with van der Waals surface area (Å²) in [6.07, 6.45) is 0. The van der Waals surface area contributed by atoms with Crippen LogP contribution in [0.5, 0.6) is 5.75 Å². The number of rotatable bonds is 4. The van der Waals surface area contributed by atoms with E-state index in [9.17, 15) is 9.90 Å². The Balaban J connectivity index is 2.97. The van der Waals surface area contributed by atoms with Gasteiger partial charge in [-0.25, -0.2) is 0 Å². The van der Waals surface area contributed by atoms with Crippen LogP contribution in [-0.2, 0) is 0 Å². The molecule has 0 aliphatic carbocycles. The largest absolute Gasteiger partial charge is 0.508 e. The molecule has 0 fully saturated rings. The Hall–Kier alpha value is -1.22. The minimum atomic E-state index is -0.101.